The molecule has 0 saturated heterocycles. The van der Waals surface area contributed by atoms with E-state index in [0.29, 0.717) is 19.3 Å². The second-order valence-electron chi connectivity index (χ2n) is 10.2. The number of benzene rings is 1. The van der Waals surface area contributed by atoms with Crippen molar-refractivity contribution in [1.29, 1.82) is 0 Å². The van der Waals surface area contributed by atoms with E-state index in [1.165, 1.54) is 0 Å². The zero-order valence-corrected chi connectivity index (χ0v) is 20.6. The van der Waals surface area contributed by atoms with Gasteiger partial charge >= 0.3 is 0 Å². The fourth-order valence-corrected chi connectivity index (χ4v) is 5.29. The SMILES string of the molecule is C=CC(C)(CC(O)CC(=C)C)c1ccc2c3c(c[nH]c13)CC(CO)NC(=O)C(C(C)C)N2C. The maximum atomic E-state index is 13.1. The van der Waals surface area contributed by atoms with E-state index in [1.807, 2.05) is 45.0 Å². The van der Waals surface area contributed by atoms with Gasteiger partial charge < -0.3 is 25.4 Å². The lowest BCUT2D eigenvalue weighted by Crippen LogP contribution is -2.52. The molecule has 4 N–H and O–H groups in total. The Bertz CT molecular complexity index is 1040. The number of H-pyrrole nitrogens is 1. The number of aromatic nitrogens is 1. The molecule has 180 valence electrons. The second-order valence-corrected chi connectivity index (χ2v) is 10.2. The highest BCUT2D eigenvalue weighted by Gasteiger charge is 2.34. The summed E-state index contributed by atoms with van der Waals surface area (Å²) in [6, 6.07) is 3.44. The van der Waals surface area contributed by atoms with Gasteiger partial charge in [0, 0.05) is 29.7 Å². The number of rotatable bonds is 8. The number of amides is 1. The van der Waals surface area contributed by atoms with Crippen LogP contribution in [0.1, 0.15) is 51.7 Å². The largest absolute Gasteiger partial charge is 0.394 e. The molecule has 6 nitrogen and oxygen atoms in total. The molecule has 1 aliphatic rings. The molecule has 1 aromatic heterocycles. The summed E-state index contributed by atoms with van der Waals surface area (Å²) in [5.74, 6) is 0.0112. The van der Waals surface area contributed by atoms with Crippen molar-refractivity contribution in [3.63, 3.8) is 0 Å². The second kappa shape index (κ2) is 9.74. The van der Waals surface area contributed by atoms with Crippen LogP contribution < -0.4 is 10.2 Å². The van der Waals surface area contributed by atoms with Crippen molar-refractivity contribution in [3.05, 3.63) is 54.3 Å². The summed E-state index contributed by atoms with van der Waals surface area (Å²) < 4.78 is 0. The Hall–Kier alpha value is -2.57. The Balaban J connectivity index is 2.20. The molecule has 0 saturated carbocycles. The lowest BCUT2D eigenvalue weighted by molar-refractivity contribution is -0.124. The van der Waals surface area contributed by atoms with Gasteiger partial charge in [-0.15, -0.1) is 13.2 Å². The maximum Gasteiger partial charge on any atom is 0.243 e. The average Bonchev–Trinajstić information content (AvgIpc) is 3.15. The quantitative estimate of drug-likeness (QED) is 0.458. The highest BCUT2D eigenvalue weighted by atomic mass is 16.3. The van der Waals surface area contributed by atoms with Crippen LogP contribution in [-0.4, -0.2) is 52.9 Å². The number of aromatic amines is 1. The molecule has 0 aliphatic carbocycles. The summed E-state index contributed by atoms with van der Waals surface area (Å²) in [5, 5.41) is 24.7. The molecular formula is C27H39N3O3. The number of nitrogens with zero attached hydrogens (tertiary/aromatic N) is 1. The van der Waals surface area contributed by atoms with Gasteiger partial charge in [0.25, 0.3) is 0 Å². The van der Waals surface area contributed by atoms with Crippen molar-refractivity contribution in [1.82, 2.24) is 10.3 Å². The number of aliphatic hydroxyl groups is 2. The standard InChI is InChI=1S/C27H39N3O3/c1-8-27(6,13-20(32)11-16(2)3)21-9-10-22-23-18(14-28-24(21)23)12-19(15-31)29-26(33)25(17(4)5)30(22)7/h8-10,14,17,19-20,25,28,31-32H,1-2,11-13,15H2,3-7H3,(H,29,33). The molecule has 1 aliphatic heterocycles. The molecule has 6 heteroatoms. The van der Waals surface area contributed by atoms with Crippen molar-refractivity contribution < 1.29 is 15.0 Å². The van der Waals surface area contributed by atoms with E-state index in [-0.39, 0.29) is 30.5 Å². The highest BCUT2D eigenvalue weighted by Crippen LogP contribution is 2.41. The Morgan fingerprint density at radius 2 is 2.09 bits per heavy atom. The Labute approximate surface area is 197 Å². The number of carbonyl (C=O) groups excluding carboxylic acids is 1. The van der Waals surface area contributed by atoms with E-state index >= 15 is 0 Å². The normalized spacial score (nSPS) is 21.7. The van der Waals surface area contributed by atoms with Gasteiger partial charge in [0.2, 0.25) is 5.91 Å². The molecule has 0 radical (unpaired) electrons. The van der Waals surface area contributed by atoms with Crippen LogP contribution in [0.4, 0.5) is 5.69 Å². The zero-order valence-electron chi connectivity index (χ0n) is 20.6. The summed E-state index contributed by atoms with van der Waals surface area (Å²) in [6.45, 7) is 16.0. The minimum Gasteiger partial charge on any atom is -0.394 e. The molecule has 1 aromatic carbocycles. The fourth-order valence-electron chi connectivity index (χ4n) is 5.29. The molecule has 0 spiro atoms. The first-order valence-corrected chi connectivity index (χ1v) is 11.8. The number of carbonyl (C=O) groups is 1. The van der Waals surface area contributed by atoms with Gasteiger partial charge in [-0.3, -0.25) is 4.79 Å². The number of allylic oxidation sites excluding steroid dienone is 1. The third-order valence-electron chi connectivity index (χ3n) is 6.94. The maximum absolute atomic E-state index is 13.1. The fraction of sp³-hybridized carbons (Fsp3) is 0.519. The van der Waals surface area contributed by atoms with Gasteiger partial charge in [-0.25, -0.2) is 0 Å². The Morgan fingerprint density at radius 3 is 2.67 bits per heavy atom. The number of aliphatic hydroxyl groups excluding tert-OH is 2. The molecular weight excluding hydrogens is 414 g/mol. The Morgan fingerprint density at radius 1 is 1.39 bits per heavy atom. The van der Waals surface area contributed by atoms with E-state index in [0.717, 1.165) is 33.3 Å². The van der Waals surface area contributed by atoms with E-state index in [1.54, 1.807) is 0 Å². The molecule has 4 unspecified atom stereocenters. The van der Waals surface area contributed by atoms with E-state index in [2.05, 4.69) is 42.5 Å². The van der Waals surface area contributed by atoms with Crippen LogP contribution in [0.2, 0.25) is 0 Å². The van der Waals surface area contributed by atoms with Gasteiger partial charge in [0.15, 0.2) is 0 Å². The summed E-state index contributed by atoms with van der Waals surface area (Å²) in [7, 11) is 1.96. The zero-order chi connectivity index (χ0) is 24.5. The monoisotopic (exact) mass is 453 g/mol. The van der Waals surface area contributed by atoms with Crippen molar-refractivity contribution in [3.8, 4) is 0 Å². The molecule has 0 bridgehead atoms. The third-order valence-corrected chi connectivity index (χ3v) is 6.94. The van der Waals surface area contributed by atoms with Gasteiger partial charge in [0.1, 0.15) is 6.04 Å². The van der Waals surface area contributed by atoms with E-state index in [9.17, 15) is 15.0 Å². The van der Waals surface area contributed by atoms with Crippen molar-refractivity contribution >= 4 is 22.5 Å². The van der Waals surface area contributed by atoms with Crippen LogP contribution >= 0.6 is 0 Å². The molecule has 1 amide bonds. The topological polar surface area (TPSA) is 88.6 Å². The van der Waals surface area contributed by atoms with Gasteiger partial charge in [0.05, 0.1) is 24.3 Å². The minimum absolute atomic E-state index is 0.0724. The summed E-state index contributed by atoms with van der Waals surface area (Å²) >= 11 is 0. The summed E-state index contributed by atoms with van der Waals surface area (Å²) in [4.78, 5) is 18.6. The van der Waals surface area contributed by atoms with Gasteiger partial charge in [-0.05, 0) is 49.3 Å². The smallest absolute Gasteiger partial charge is 0.243 e. The van der Waals surface area contributed by atoms with Crippen molar-refractivity contribution in [2.45, 2.75) is 70.6 Å². The predicted molar refractivity (Wildman–Crippen MR) is 136 cm³/mol. The van der Waals surface area contributed by atoms with E-state index < -0.39 is 11.5 Å². The van der Waals surface area contributed by atoms with Crippen LogP contribution in [0, 0.1) is 5.92 Å². The number of nitrogens with one attached hydrogen (secondary N) is 2. The van der Waals surface area contributed by atoms with Gasteiger partial charge in [-0.1, -0.05) is 38.5 Å². The first-order valence-electron chi connectivity index (χ1n) is 11.8. The lowest BCUT2D eigenvalue weighted by Gasteiger charge is -2.34. The highest BCUT2D eigenvalue weighted by molar-refractivity contribution is 6.00. The van der Waals surface area contributed by atoms with Gasteiger partial charge in [-0.2, -0.15) is 0 Å². The third kappa shape index (κ3) is 4.87. The van der Waals surface area contributed by atoms with Crippen LogP contribution in [0.15, 0.2) is 43.1 Å². The molecule has 33 heavy (non-hydrogen) atoms. The number of hydrogen-bond acceptors (Lipinski definition) is 4. The summed E-state index contributed by atoms with van der Waals surface area (Å²) in [6.07, 6.45) is 4.96. The molecule has 2 heterocycles. The predicted octanol–water partition coefficient (Wildman–Crippen LogP) is 3.82. The minimum atomic E-state index is -0.523. The molecule has 3 rings (SSSR count). The summed E-state index contributed by atoms with van der Waals surface area (Å²) in [5.41, 5.74) is 4.54. The first kappa shape index (κ1) is 25.1. The van der Waals surface area contributed by atoms with E-state index in [4.69, 9.17) is 0 Å². The average molecular weight is 454 g/mol. The van der Waals surface area contributed by atoms with Crippen LogP contribution in [0.5, 0.6) is 0 Å². The number of anilines is 1. The Kier molecular flexibility index (Phi) is 7.39. The van der Waals surface area contributed by atoms with Crippen molar-refractivity contribution in [2.75, 3.05) is 18.6 Å². The molecule has 0 fully saturated rings. The van der Waals surface area contributed by atoms with Crippen LogP contribution in [-0.2, 0) is 16.6 Å². The number of likely N-dealkylation sites (N-methyl/N-ethyl adjacent to an activating group) is 1. The molecule has 2 aromatic rings. The van der Waals surface area contributed by atoms with Crippen LogP contribution in [0.25, 0.3) is 10.9 Å². The number of hydrogen-bond donors (Lipinski definition) is 4. The lowest BCUT2D eigenvalue weighted by atomic mass is 9.76. The molecule has 4 atom stereocenters. The first-order chi connectivity index (χ1) is 15.5. The van der Waals surface area contributed by atoms with Crippen LogP contribution in [0.3, 0.4) is 0 Å². The van der Waals surface area contributed by atoms with Crippen molar-refractivity contribution in [2.24, 2.45) is 5.92 Å².